The van der Waals surface area contributed by atoms with Crippen molar-refractivity contribution < 1.29 is 104 Å². The van der Waals surface area contributed by atoms with Gasteiger partial charge in [0.25, 0.3) is 0 Å². The molecule has 62 heavy (non-hydrogen) atoms. The number of rotatable bonds is 13. The van der Waals surface area contributed by atoms with Crippen molar-refractivity contribution >= 4 is 29.8 Å². The highest BCUT2D eigenvalue weighted by atomic mass is 19.4. The minimum absolute atomic E-state index is 0.174. The number of carboxylic acids is 5. The van der Waals surface area contributed by atoms with Gasteiger partial charge in [0.15, 0.2) is 0 Å². The molecule has 0 radical (unpaired) electrons. The van der Waals surface area contributed by atoms with Gasteiger partial charge in [-0.1, -0.05) is 78.9 Å². The number of carbonyl (C=O) groups is 5. The minimum atomic E-state index is -5.08. The number of hydrogen-bond donors (Lipinski definition) is 6. The molecule has 0 amide bonds. The predicted molar refractivity (Wildman–Crippen MR) is 200 cm³/mol. The van der Waals surface area contributed by atoms with E-state index in [-0.39, 0.29) is 12.8 Å². The Morgan fingerprint density at radius 3 is 1.11 bits per heavy atom. The number of alkyl halides is 9. The molecule has 3 aromatic rings. The molecular weight excluding hydrogens is 853 g/mol. The summed E-state index contributed by atoms with van der Waals surface area (Å²) in [5.41, 5.74) is 9.27. The van der Waals surface area contributed by atoms with E-state index in [9.17, 15) is 59.3 Å². The quantitative estimate of drug-likeness (QED) is 0.0971. The fraction of sp³-hybridized carbons (Fsp3) is 0.425. The topological polar surface area (TPSA) is 214 Å². The third-order valence-corrected chi connectivity index (χ3v) is 10.4. The first-order valence-corrected chi connectivity index (χ1v) is 18.7. The predicted octanol–water partition coefficient (Wildman–Crippen LogP) is 5.23. The lowest BCUT2D eigenvalue weighted by molar-refractivity contribution is -1.09. The fourth-order valence-electron chi connectivity index (χ4n) is 6.91. The summed E-state index contributed by atoms with van der Waals surface area (Å²) in [4.78, 5) is 50.9. The van der Waals surface area contributed by atoms with Gasteiger partial charge in [0, 0.05) is 12.0 Å². The second kappa shape index (κ2) is 22.4. The summed E-state index contributed by atoms with van der Waals surface area (Å²) in [5.74, 6) is -12.4. The molecule has 0 spiro atoms. The van der Waals surface area contributed by atoms with Crippen LogP contribution in [-0.4, -0.2) is 135 Å². The maximum Gasteiger partial charge on any atom is 0.490 e. The van der Waals surface area contributed by atoms with Gasteiger partial charge in [-0.15, -0.1) is 0 Å². The van der Waals surface area contributed by atoms with E-state index < -0.39 is 60.2 Å². The van der Waals surface area contributed by atoms with E-state index in [4.69, 9.17) is 29.7 Å². The van der Waals surface area contributed by atoms with Gasteiger partial charge in [-0.25, -0.2) is 14.4 Å². The molecule has 0 aromatic heterocycles. The summed E-state index contributed by atoms with van der Waals surface area (Å²) in [6, 6.07) is 26.0. The number of nitrogens with zero attached hydrogens (tertiary/aromatic N) is 2. The largest absolute Gasteiger partial charge is 0.490 e. The van der Waals surface area contributed by atoms with Gasteiger partial charge < -0.3 is 40.2 Å². The Morgan fingerprint density at radius 2 is 0.806 bits per heavy atom. The number of hydrogen-bond acceptors (Lipinski definition) is 5. The van der Waals surface area contributed by atoms with Gasteiger partial charge in [0.1, 0.15) is 45.8 Å². The molecule has 3 heterocycles. The monoisotopic (exact) mass is 900 g/mol. The van der Waals surface area contributed by atoms with Gasteiger partial charge in [-0.3, -0.25) is 9.59 Å². The third kappa shape index (κ3) is 17.0. The van der Waals surface area contributed by atoms with Crippen LogP contribution in [0, 0.1) is 11.8 Å². The first-order chi connectivity index (χ1) is 28.6. The number of carboxylic acid groups (broad SMARTS) is 5. The van der Waals surface area contributed by atoms with Crippen LogP contribution in [0.4, 0.5) is 39.5 Å². The Morgan fingerprint density at radius 1 is 0.500 bits per heavy atom. The van der Waals surface area contributed by atoms with Gasteiger partial charge >= 0.3 is 48.4 Å². The van der Waals surface area contributed by atoms with Crippen molar-refractivity contribution in [1.29, 1.82) is 0 Å². The molecule has 3 fully saturated rings. The first kappa shape index (κ1) is 52.4. The molecule has 22 heteroatoms. The van der Waals surface area contributed by atoms with Crippen molar-refractivity contribution in [2.45, 2.75) is 44.3 Å². The summed E-state index contributed by atoms with van der Waals surface area (Å²) in [5, 5.41) is 41.2. The van der Waals surface area contributed by atoms with E-state index in [1.165, 1.54) is 66.8 Å². The zero-order valence-electron chi connectivity index (χ0n) is 32.9. The molecule has 13 nitrogen and oxygen atoms in total. The van der Waals surface area contributed by atoms with Gasteiger partial charge in [-0.05, 0) is 35.1 Å². The lowest BCUT2D eigenvalue weighted by atomic mass is 9.82. The van der Waals surface area contributed by atoms with Crippen LogP contribution in [0.1, 0.15) is 23.1 Å². The van der Waals surface area contributed by atoms with Crippen LogP contribution in [0.5, 0.6) is 0 Å². The van der Waals surface area contributed by atoms with Crippen LogP contribution in [0.15, 0.2) is 78.9 Å². The molecule has 0 aliphatic carbocycles. The zero-order valence-corrected chi connectivity index (χ0v) is 32.9. The Labute approximate surface area is 348 Å². The van der Waals surface area contributed by atoms with Gasteiger partial charge in [-0.2, -0.15) is 39.5 Å². The standard InChI is InChI=1S/C34H41N3O4.3C2HF3O2/c35-15-4-16-36-17-20-37(21-18-36,22-19-36)25-28-9-13-30(14-10-28)29-11-7-27(8-12-29)24-32(34(40)41)31(33(38)39)23-26-5-2-1-3-6-26;3*3-2(4,5)1(6)7/h1-3,5-14,31-32H,4,15-25,35H2;3*(H,6,7)/p+3/t31-,32-,36?,37?;;;/m0.../s1. The lowest BCUT2D eigenvalue weighted by Gasteiger charge is -2.55. The summed E-state index contributed by atoms with van der Waals surface area (Å²) in [6.07, 6.45) is -13.7. The van der Waals surface area contributed by atoms with E-state index in [2.05, 4.69) is 30.0 Å². The van der Waals surface area contributed by atoms with E-state index >= 15 is 0 Å². The van der Waals surface area contributed by atoms with E-state index in [0.717, 1.165) is 35.3 Å². The molecule has 6 rings (SSSR count). The second-order valence-electron chi connectivity index (χ2n) is 14.7. The summed E-state index contributed by atoms with van der Waals surface area (Å²) in [6.45, 7) is 11.1. The summed E-state index contributed by atoms with van der Waals surface area (Å²) >= 11 is 0. The fourth-order valence-corrected chi connectivity index (χ4v) is 6.91. The second-order valence-corrected chi connectivity index (χ2v) is 14.7. The average Bonchev–Trinajstić information content (AvgIpc) is 3.19. The molecule has 3 aliphatic heterocycles. The van der Waals surface area contributed by atoms with Crippen LogP contribution in [0.25, 0.3) is 11.1 Å². The molecule has 2 bridgehead atoms. The Kier molecular flexibility index (Phi) is 18.9. The Bertz CT molecular complexity index is 1860. The molecule has 8 N–H and O–H groups in total. The smallest absolute Gasteiger partial charge is 0.481 e. The van der Waals surface area contributed by atoms with Crippen molar-refractivity contribution in [2.24, 2.45) is 11.8 Å². The number of quaternary nitrogens is 3. The maximum atomic E-state index is 12.1. The summed E-state index contributed by atoms with van der Waals surface area (Å²) < 4.78 is 97.7. The lowest BCUT2D eigenvalue weighted by Crippen LogP contribution is -2.74. The molecule has 3 saturated heterocycles. The first-order valence-electron chi connectivity index (χ1n) is 18.7. The Balaban J connectivity index is 0.000000519. The molecule has 0 unspecified atom stereocenters. The minimum Gasteiger partial charge on any atom is -0.481 e. The molecule has 3 aromatic carbocycles. The van der Waals surface area contributed by atoms with Gasteiger partial charge in [0.2, 0.25) is 0 Å². The molecular formula is C40H47F9N3O10+3. The van der Waals surface area contributed by atoms with Crippen molar-refractivity contribution in [3.05, 3.63) is 95.6 Å². The highest BCUT2D eigenvalue weighted by molar-refractivity contribution is 5.80. The van der Waals surface area contributed by atoms with Crippen molar-refractivity contribution in [1.82, 2.24) is 0 Å². The normalized spacial score (nSPS) is 19.1. The molecule has 2 atom stereocenters. The van der Waals surface area contributed by atoms with Crippen molar-refractivity contribution in [3.8, 4) is 11.1 Å². The average molecular weight is 901 g/mol. The molecule has 342 valence electrons. The maximum absolute atomic E-state index is 12.1. The van der Waals surface area contributed by atoms with E-state index in [1.807, 2.05) is 54.6 Å². The van der Waals surface area contributed by atoms with Crippen molar-refractivity contribution in [3.63, 3.8) is 0 Å². The van der Waals surface area contributed by atoms with Crippen molar-refractivity contribution in [2.75, 3.05) is 52.4 Å². The molecule has 3 aliphatic rings. The number of fused-ring (bicyclic) bond motifs is 3. The van der Waals surface area contributed by atoms with Crippen LogP contribution in [0.2, 0.25) is 0 Å². The van der Waals surface area contributed by atoms with E-state index in [1.54, 1.807) is 0 Å². The highest BCUT2D eigenvalue weighted by Gasteiger charge is 2.48. The van der Waals surface area contributed by atoms with Crippen LogP contribution < -0.4 is 5.73 Å². The van der Waals surface area contributed by atoms with Gasteiger partial charge in [0.05, 0.1) is 24.9 Å². The number of halogens is 9. The zero-order chi connectivity index (χ0) is 47.1. The van der Waals surface area contributed by atoms with Crippen LogP contribution in [-0.2, 0) is 43.4 Å². The molecule has 0 saturated carbocycles. The Hall–Kier alpha value is -5.74. The number of benzene rings is 3. The highest BCUT2D eigenvalue weighted by Crippen LogP contribution is 2.31. The third-order valence-electron chi connectivity index (χ3n) is 10.4. The van der Waals surface area contributed by atoms with E-state index in [0.29, 0.717) is 0 Å². The summed E-state index contributed by atoms with van der Waals surface area (Å²) in [7, 11) is 0. The van der Waals surface area contributed by atoms with Crippen LogP contribution >= 0.6 is 0 Å². The number of piperazine rings is 3. The number of aliphatic carboxylic acids is 5. The SMILES string of the molecule is O=C(O)C(F)(F)F.O=C(O)C(F)(F)F.O=C(O)C(F)(F)F.[NH3+]CCC[N+]12CC[N+](Cc3ccc(-c4ccc(C[C@H](C(=O)O)[C@H](Cc5ccccc5)C(=O)O)cc4)cc3)(CC1)CC2. The van der Waals surface area contributed by atoms with Crippen LogP contribution in [0.3, 0.4) is 0 Å².